The second-order valence-electron chi connectivity index (χ2n) is 6.57. The molecule has 0 aromatic carbocycles. The van der Waals surface area contributed by atoms with E-state index in [1.54, 1.807) is 0 Å². The van der Waals surface area contributed by atoms with Gasteiger partial charge in [0.15, 0.2) is 0 Å². The van der Waals surface area contributed by atoms with Gasteiger partial charge in [-0.25, -0.2) is 0 Å². The quantitative estimate of drug-likeness (QED) is 0.777. The van der Waals surface area contributed by atoms with Gasteiger partial charge in [0, 0.05) is 19.8 Å². The molecule has 2 atom stereocenters. The molecule has 2 fully saturated rings. The average Bonchev–Trinajstić information content (AvgIpc) is 3.00. The summed E-state index contributed by atoms with van der Waals surface area (Å²) >= 11 is 0. The number of methoxy groups -OCH3 is 1. The summed E-state index contributed by atoms with van der Waals surface area (Å²) in [6.07, 6.45) is 6.88. The fraction of sp³-hybridized carbons (Fsp3) is 1.00. The van der Waals surface area contributed by atoms with E-state index in [2.05, 4.69) is 19.2 Å². The van der Waals surface area contributed by atoms with Crippen LogP contribution in [0.15, 0.2) is 0 Å². The van der Waals surface area contributed by atoms with Gasteiger partial charge in [-0.3, -0.25) is 0 Å². The van der Waals surface area contributed by atoms with Gasteiger partial charge in [-0.2, -0.15) is 0 Å². The van der Waals surface area contributed by atoms with Crippen molar-refractivity contribution in [3.05, 3.63) is 0 Å². The van der Waals surface area contributed by atoms with E-state index in [9.17, 15) is 0 Å². The third-order valence-electron chi connectivity index (χ3n) is 4.30. The summed E-state index contributed by atoms with van der Waals surface area (Å²) < 4.78 is 5.40. The first-order valence-corrected chi connectivity index (χ1v) is 6.83. The molecule has 2 heteroatoms. The first kappa shape index (κ1) is 12.4. The molecule has 0 bridgehead atoms. The van der Waals surface area contributed by atoms with E-state index < -0.39 is 0 Å². The fourth-order valence-corrected chi connectivity index (χ4v) is 3.07. The third-order valence-corrected chi connectivity index (χ3v) is 4.30. The molecule has 16 heavy (non-hydrogen) atoms. The minimum absolute atomic E-state index is 0.527. The Morgan fingerprint density at radius 1 is 1.19 bits per heavy atom. The summed E-state index contributed by atoms with van der Waals surface area (Å²) in [5, 5.41) is 3.69. The average molecular weight is 225 g/mol. The number of ether oxygens (including phenoxy) is 1. The Labute approximate surface area is 100 Å². The lowest BCUT2D eigenvalue weighted by Gasteiger charge is -2.40. The smallest absolute Gasteiger partial charge is 0.0493 e. The van der Waals surface area contributed by atoms with Crippen molar-refractivity contribution in [2.45, 2.75) is 52.0 Å². The van der Waals surface area contributed by atoms with Crippen LogP contribution >= 0.6 is 0 Å². The van der Waals surface area contributed by atoms with Gasteiger partial charge in [0.1, 0.15) is 0 Å². The molecule has 0 radical (unpaired) electrons. The highest BCUT2D eigenvalue weighted by Gasteiger charge is 2.35. The molecular weight excluding hydrogens is 198 g/mol. The van der Waals surface area contributed by atoms with E-state index in [1.807, 2.05) is 7.11 Å². The second-order valence-corrected chi connectivity index (χ2v) is 6.57. The van der Waals surface area contributed by atoms with Crippen molar-refractivity contribution < 1.29 is 4.74 Å². The van der Waals surface area contributed by atoms with Crippen LogP contribution in [0, 0.1) is 17.3 Å². The molecule has 0 aliphatic heterocycles. The van der Waals surface area contributed by atoms with Crippen molar-refractivity contribution in [3.63, 3.8) is 0 Å². The van der Waals surface area contributed by atoms with Crippen LogP contribution in [0.3, 0.4) is 0 Å². The molecule has 0 amide bonds. The number of rotatable bonds is 5. The van der Waals surface area contributed by atoms with Gasteiger partial charge in [-0.05, 0) is 55.9 Å². The molecule has 94 valence electrons. The van der Waals surface area contributed by atoms with Crippen molar-refractivity contribution in [2.75, 3.05) is 20.3 Å². The Hall–Kier alpha value is -0.0800. The number of nitrogens with one attached hydrogen (secondary N) is 1. The molecule has 2 aliphatic rings. The van der Waals surface area contributed by atoms with Crippen molar-refractivity contribution in [3.8, 4) is 0 Å². The predicted octanol–water partition coefficient (Wildman–Crippen LogP) is 2.83. The number of hydrogen-bond acceptors (Lipinski definition) is 2. The summed E-state index contributed by atoms with van der Waals surface area (Å²) in [6, 6.07) is 0.845. The van der Waals surface area contributed by atoms with Gasteiger partial charge in [-0.15, -0.1) is 0 Å². The molecule has 1 N–H and O–H groups in total. The minimum Gasteiger partial charge on any atom is -0.384 e. The van der Waals surface area contributed by atoms with E-state index in [4.69, 9.17) is 4.74 Å². The lowest BCUT2D eigenvalue weighted by Crippen LogP contribution is -2.38. The van der Waals surface area contributed by atoms with E-state index >= 15 is 0 Å². The number of hydrogen-bond donors (Lipinski definition) is 1. The van der Waals surface area contributed by atoms with Gasteiger partial charge in [0.25, 0.3) is 0 Å². The van der Waals surface area contributed by atoms with E-state index in [1.165, 1.54) is 38.6 Å². The predicted molar refractivity (Wildman–Crippen MR) is 67.5 cm³/mol. The highest BCUT2D eigenvalue weighted by Crippen LogP contribution is 2.41. The van der Waals surface area contributed by atoms with Crippen molar-refractivity contribution in [2.24, 2.45) is 17.3 Å². The maximum atomic E-state index is 5.40. The molecule has 0 aromatic heterocycles. The van der Waals surface area contributed by atoms with Gasteiger partial charge in [0.2, 0.25) is 0 Å². The Morgan fingerprint density at radius 3 is 2.56 bits per heavy atom. The standard InChI is InChI=1S/C14H27NO/c1-14(2)7-6-11(9-15-13-4-5-13)12(8-14)10-16-3/h11-13,15H,4-10H2,1-3H3. The monoisotopic (exact) mass is 225 g/mol. The van der Waals surface area contributed by atoms with Crippen molar-refractivity contribution in [1.82, 2.24) is 5.32 Å². The Balaban J connectivity index is 1.83. The van der Waals surface area contributed by atoms with Crippen LogP contribution < -0.4 is 5.32 Å². The molecule has 0 spiro atoms. The topological polar surface area (TPSA) is 21.3 Å². The summed E-state index contributed by atoms with van der Waals surface area (Å²) in [5.74, 6) is 1.61. The SMILES string of the molecule is COCC1CC(C)(C)CCC1CNC1CC1. The van der Waals surface area contributed by atoms with Gasteiger partial charge in [0.05, 0.1) is 0 Å². The van der Waals surface area contributed by atoms with Gasteiger partial charge >= 0.3 is 0 Å². The molecule has 2 rings (SSSR count). The summed E-state index contributed by atoms with van der Waals surface area (Å²) in [4.78, 5) is 0. The Kier molecular flexibility index (Phi) is 3.91. The van der Waals surface area contributed by atoms with Crippen LogP contribution in [0.5, 0.6) is 0 Å². The Morgan fingerprint density at radius 2 is 1.94 bits per heavy atom. The Bertz CT molecular complexity index is 221. The summed E-state index contributed by atoms with van der Waals surface area (Å²) in [7, 11) is 1.84. The zero-order chi connectivity index (χ0) is 11.6. The molecule has 0 saturated heterocycles. The molecule has 0 heterocycles. The maximum absolute atomic E-state index is 5.40. The second kappa shape index (κ2) is 5.05. The molecule has 0 aromatic rings. The summed E-state index contributed by atoms with van der Waals surface area (Å²) in [6.45, 7) is 6.97. The molecule has 2 aliphatic carbocycles. The van der Waals surface area contributed by atoms with Gasteiger partial charge in [-0.1, -0.05) is 13.8 Å². The minimum atomic E-state index is 0.527. The first-order valence-electron chi connectivity index (χ1n) is 6.83. The van der Waals surface area contributed by atoms with Crippen LogP contribution in [0.25, 0.3) is 0 Å². The molecular formula is C14H27NO. The molecule has 2 nitrogen and oxygen atoms in total. The largest absolute Gasteiger partial charge is 0.384 e. The normalized spacial score (nSPS) is 33.9. The fourth-order valence-electron chi connectivity index (χ4n) is 3.07. The lowest BCUT2D eigenvalue weighted by molar-refractivity contribution is 0.0463. The zero-order valence-corrected chi connectivity index (χ0v) is 11.1. The van der Waals surface area contributed by atoms with Crippen LogP contribution in [0.1, 0.15) is 46.0 Å². The highest BCUT2D eigenvalue weighted by atomic mass is 16.5. The lowest BCUT2D eigenvalue weighted by atomic mass is 9.67. The van der Waals surface area contributed by atoms with Gasteiger partial charge < -0.3 is 10.1 Å². The molecule has 2 saturated carbocycles. The maximum Gasteiger partial charge on any atom is 0.0493 e. The first-order chi connectivity index (χ1) is 7.61. The van der Waals surface area contributed by atoms with Crippen LogP contribution in [0.4, 0.5) is 0 Å². The van der Waals surface area contributed by atoms with Crippen molar-refractivity contribution in [1.29, 1.82) is 0 Å². The van der Waals surface area contributed by atoms with Crippen LogP contribution in [0.2, 0.25) is 0 Å². The van der Waals surface area contributed by atoms with Crippen LogP contribution in [-0.4, -0.2) is 26.3 Å². The van der Waals surface area contributed by atoms with Crippen LogP contribution in [-0.2, 0) is 4.74 Å². The van der Waals surface area contributed by atoms with E-state index in [0.29, 0.717) is 5.41 Å². The van der Waals surface area contributed by atoms with Crippen molar-refractivity contribution >= 4 is 0 Å². The van der Waals surface area contributed by atoms with E-state index in [-0.39, 0.29) is 0 Å². The highest BCUT2D eigenvalue weighted by molar-refractivity contribution is 4.88. The third kappa shape index (κ3) is 3.46. The summed E-state index contributed by atoms with van der Waals surface area (Å²) in [5.41, 5.74) is 0.527. The molecule has 2 unspecified atom stereocenters. The van der Waals surface area contributed by atoms with E-state index in [0.717, 1.165) is 24.5 Å². The zero-order valence-electron chi connectivity index (χ0n) is 11.1.